The Morgan fingerprint density at radius 3 is 2.57 bits per heavy atom. The normalized spacial score (nSPS) is 13.9. The first-order valence-corrected chi connectivity index (χ1v) is 7.29. The van der Waals surface area contributed by atoms with E-state index in [1.54, 1.807) is 12.1 Å². The van der Waals surface area contributed by atoms with Crippen molar-refractivity contribution in [3.8, 4) is 0 Å². The average Bonchev–Trinajstić information content (AvgIpc) is 2.49. The quantitative estimate of drug-likeness (QED) is 0.867. The Balaban J connectivity index is 2.16. The second-order valence-electron chi connectivity index (χ2n) is 5.31. The van der Waals surface area contributed by atoms with Crippen molar-refractivity contribution in [1.29, 1.82) is 0 Å². The molecule has 0 aliphatic rings. The molecule has 112 valence electrons. The highest BCUT2D eigenvalue weighted by molar-refractivity contribution is 5.25. The third-order valence-corrected chi connectivity index (χ3v) is 3.61. The number of ether oxygens (including phenoxy) is 1. The molecule has 2 unspecified atom stereocenters. The fourth-order valence-electron chi connectivity index (χ4n) is 2.32. The maximum atomic E-state index is 13.7. The van der Waals surface area contributed by atoms with Gasteiger partial charge in [-0.3, -0.25) is 0 Å². The van der Waals surface area contributed by atoms with Crippen LogP contribution < -0.4 is 5.73 Å². The summed E-state index contributed by atoms with van der Waals surface area (Å²) < 4.78 is 19.6. The van der Waals surface area contributed by atoms with Crippen molar-refractivity contribution in [2.75, 3.05) is 0 Å². The zero-order valence-corrected chi connectivity index (χ0v) is 12.6. The Morgan fingerprint density at radius 2 is 1.90 bits per heavy atom. The van der Waals surface area contributed by atoms with E-state index in [-0.39, 0.29) is 24.6 Å². The van der Waals surface area contributed by atoms with Gasteiger partial charge in [0.15, 0.2) is 0 Å². The Labute approximate surface area is 125 Å². The predicted octanol–water partition coefficient (Wildman–Crippen LogP) is 4.13. The van der Waals surface area contributed by atoms with Crippen LogP contribution in [0, 0.1) is 12.7 Å². The minimum atomic E-state index is -0.245. The van der Waals surface area contributed by atoms with Gasteiger partial charge in [-0.05, 0) is 25.0 Å². The van der Waals surface area contributed by atoms with E-state index in [1.807, 2.05) is 38.1 Å². The molecular weight excluding hydrogens is 265 g/mol. The summed E-state index contributed by atoms with van der Waals surface area (Å²) in [5, 5.41) is 0. The molecule has 0 aliphatic heterocycles. The molecule has 0 amide bonds. The van der Waals surface area contributed by atoms with E-state index in [1.165, 1.54) is 6.07 Å². The fraction of sp³-hybridized carbons (Fsp3) is 0.333. The number of halogens is 1. The van der Waals surface area contributed by atoms with Crippen LogP contribution in [0.2, 0.25) is 0 Å². The van der Waals surface area contributed by atoms with Gasteiger partial charge in [0.2, 0.25) is 0 Å². The third-order valence-electron chi connectivity index (χ3n) is 3.61. The van der Waals surface area contributed by atoms with Crippen molar-refractivity contribution in [2.24, 2.45) is 5.73 Å². The molecule has 2 nitrogen and oxygen atoms in total. The lowest BCUT2D eigenvalue weighted by Gasteiger charge is -2.24. The summed E-state index contributed by atoms with van der Waals surface area (Å²) in [7, 11) is 0. The molecule has 2 aromatic rings. The van der Waals surface area contributed by atoms with Crippen LogP contribution in [-0.4, -0.2) is 6.04 Å². The molecule has 3 heteroatoms. The van der Waals surface area contributed by atoms with Gasteiger partial charge in [0.05, 0.1) is 12.7 Å². The summed E-state index contributed by atoms with van der Waals surface area (Å²) in [6, 6.07) is 14.7. The van der Waals surface area contributed by atoms with E-state index in [9.17, 15) is 4.39 Å². The minimum Gasteiger partial charge on any atom is -0.367 e. The van der Waals surface area contributed by atoms with Gasteiger partial charge in [-0.25, -0.2) is 4.39 Å². The van der Waals surface area contributed by atoms with Gasteiger partial charge >= 0.3 is 0 Å². The molecule has 2 rings (SSSR count). The number of benzene rings is 2. The van der Waals surface area contributed by atoms with Gasteiger partial charge in [-0.2, -0.15) is 0 Å². The summed E-state index contributed by atoms with van der Waals surface area (Å²) in [6.07, 6.45) is 0.574. The maximum Gasteiger partial charge on any atom is 0.128 e. The lowest BCUT2D eigenvalue weighted by atomic mass is 9.99. The summed E-state index contributed by atoms with van der Waals surface area (Å²) >= 11 is 0. The molecule has 0 bridgehead atoms. The van der Waals surface area contributed by atoms with Crippen LogP contribution in [-0.2, 0) is 11.3 Å². The first kappa shape index (κ1) is 15.7. The molecule has 0 saturated carbocycles. The maximum absolute atomic E-state index is 13.7. The molecule has 21 heavy (non-hydrogen) atoms. The average molecular weight is 287 g/mol. The van der Waals surface area contributed by atoms with Crippen molar-refractivity contribution in [3.63, 3.8) is 0 Å². The molecule has 0 aliphatic carbocycles. The highest BCUT2D eigenvalue weighted by Gasteiger charge is 2.20. The van der Waals surface area contributed by atoms with Crippen molar-refractivity contribution >= 4 is 0 Å². The molecule has 0 fully saturated rings. The molecule has 0 aromatic heterocycles. The van der Waals surface area contributed by atoms with Crippen molar-refractivity contribution in [3.05, 3.63) is 71.0 Å². The van der Waals surface area contributed by atoms with Crippen LogP contribution in [0.15, 0.2) is 48.5 Å². The molecule has 2 atom stereocenters. The summed E-state index contributed by atoms with van der Waals surface area (Å²) in [6.45, 7) is 4.29. The number of rotatable bonds is 6. The fourth-order valence-corrected chi connectivity index (χ4v) is 2.32. The molecule has 0 spiro atoms. The molecular formula is C18H22FNO. The topological polar surface area (TPSA) is 35.2 Å². The standard InChI is InChI=1S/C18H22FNO/c1-3-17(20)18(14-9-6-7-13(2)11-14)21-12-15-8-4-5-10-16(15)19/h4-11,17-18H,3,12,20H2,1-2H3. The highest BCUT2D eigenvalue weighted by Crippen LogP contribution is 2.25. The minimum absolute atomic E-state index is 0.112. The first-order valence-electron chi connectivity index (χ1n) is 7.29. The van der Waals surface area contributed by atoms with E-state index in [0.717, 1.165) is 17.5 Å². The van der Waals surface area contributed by atoms with E-state index in [4.69, 9.17) is 10.5 Å². The Hall–Kier alpha value is -1.71. The Kier molecular flexibility index (Phi) is 5.48. The van der Waals surface area contributed by atoms with Gasteiger partial charge in [-0.1, -0.05) is 55.0 Å². The largest absolute Gasteiger partial charge is 0.367 e. The lowest BCUT2D eigenvalue weighted by molar-refractivity contribution is 0.0198. The summed E-state index contributed by atoms with van der Waals surface area (Å²) in [5.41, 5.74) is 8.94. The van der Waals surface area contributed by atoms with Gasteiger partial charge in [0.1, 0.15) is 5.82 Å². The van der Waals surface area contributed by atoms with Crippen LogP contribution in [0.5, 0.6) is 0 Å². The Bertz CT molecular complexity index is 585. The van der Waals surface area contributed by atoms with Crippen LogP contribution >= 0.6 is 0 Å². The molecule has 0 heterocycles. The van der Waals surface area contributed by atoms with Gasteiger partial charge in [0.25, 0.3) is 0 Å². The lowest BCUT2D eigenvalue weighted by Crippen LogP contribution is -2.29. The summed E-state index contributed by atoms with van der Waals surface area (Å²) in [5.74, 6) is -0.245. The van der Waals surface area contributed by atoms with E-state index < -0.39 is 0 Å². The molecule has 2 N–H and O–H groups in total. The Morgan fingerprint density at radius 1 is 1.14 bits per heavy atom. The number of nitrogens with two attached hydrogens (primary N) is 1. The monoisotopic (exact) mass is 287 g/mol. The van der Waals surface area contributed by atoms with Gasteiger partial charge < -0.3 is 10.5 Å². The van der Waals surface area contributed by atoms with Gasteiger partial charge in [0, 0.05) is 11.6 Å². The molecule has 0 saturated heterocycles. The second-order valence-corrected chi connectivity index (χ2v) is 5.31. The zero-order chi connectivity index (χ0) is 15.2. The second kappa shape index (κ2) is 7.34. The first-order chi connectivity index (χ1) is 10.1. The van der Waals surface area contributed by atoms with Crippen LogP contribution in [0.4, 0.5) is 4.39 Å². The zero-order valence-electron chi connectivity index (χ0n) is 12.6. The third kappa shape index (κ3) is 4.13. The van der Waals surface area contributed by atoms with E-state index in [0.29, 0.717) is 5.56 Å². The van der Waals surface area contributed by atoms with E-state index in [2.05, 4.69) is 6.07 Å². The highest BCUT2D eigenvalue weighted by atomic mass is 19.1. The molecule has 0 radical (unpaired) electrons. The smallest absolute Gasteiger partial charge is 0.128 e. The molecule has 2 aromatic carbocycles. The van der Waals surface area contributed by atoms with Crippen LogP contribution in [0.25, 0.3) is 0 Å². The van der Waals surface area contributed by atoms with E-state index >= 15 is 0 Å². The number of hydrogen-bond donors (Lipinski definition) is 1. The van der Waals surface area contributed by atoms with Crippen LogP contribution in [0.3, 0.4) is 0 Å². The van der Waals surface area contributed by atoms with Crippen molar-refractivity contribution in [2.45, 2.75) is 39.0 Å². The number of aryl methyl sites for hydroxylation is 1. The predicted molar refractivity (Wildman–Crippen MR) is 83.4 cm³/mol. The van der Waals surface area contributed by atoms with Crippen molar-refractivity contribution < 1.29 is 9.13 Å². The SMILES string of the molecule is CCC(N)C(OCc1ccccc1F)c1cccc(C)c1. The number of hydrogen-bond acceptors (Lipinski definition) is 2. The van der Waals surface area contributed by atoms with Crippen molar-refractivity contribution in [1.82, 2.24) is 0 Å². The van der Waals surface area contributed by atoms with Gasteiger partial charge in [-0.15, -0.1) is 0 Å². The summed E-state index contributed by atoms with van der Waals surface area (Å²) in [4.78, 5) is 0. The van der Waals surface area contributed by atoms with Crippen LogP contribution in [0.1, 0.15) is 36.1 Å².